The van der Waals surface area contributed by atoms with E-state index in [0.717, 1.165) is 11.4 Å². The SMILES string of the molecule is CN1C(=O)CCNc2cc(C#N)ccc21. The summed E-state index contributed by atoms with van der Waals surface area (Å²) in [6.45, 7) is 0.616. The van der Waals surface area contributed by atoms with E-state index in [4.69, 9.17) is 5.26 Å². The zero-order chi connectivity index (χ0) is 10.8. The highest BCUT2D eigenvalue weighted by Crippen LogP contribution is 2.28. The minimum absolute atomic E-state index is 0.0888. The van der Waals surface area contributed by atoms with Gasteiger partial charge in [0.05, 0.1) is 23.0 Å². The topological polar surface area (TPSA) is 56.1 Å². The van der Waals surface area contributed by atoms with Gasteiger partial charge >= 0.3 is 0 Å². The molecule has 1 heterocycles. The Hall–Kier alpha value is -2.02. The number of rotatable bonds is 0. The summed E-state index contributed by atoms with van der Waals surface area (Å²) in [6.07, 6.45) is 0.479. The molecule has 0 saturated carbocycles. The van der Waals surface area contributed by atoms with Crippen molar-refractivity contribution in [3.63, 3.8) is 0 Å². The molecule has 1 aromatic carbocycles. The summed E-state index contributed by atoms with van der Waals surface area (Å²) >= 11 is 0. The molecule has 0 atom stereocenters. The van der Waals surface area contributed by atoms with E-state index in [0.29, 0.717) is 18.5 Å². The van der Waals surface area contributed by atoms with E-state index in [1.165, 1.54) is 0 Å². The predicted octanol–water partition coefficient (Wildman–Crippen LogP) is 1.34. The maximum Gasteiger partial charge on any atom is 0.228 e. The summed E-state index contributed by atoms with van der Waals surface area (Å²) in [6, 6.07) is 7.36. The Morgan fingerprint density at radius 1 is 1.53 bits per heavy atom. The van der Waals surface area contributed by atoms with Crippen LogP contribution in [0, 0.1) is 11.3 Å². The molecule has 76 valence electrons. The molecule has 0 bridgehead atoms. The van der Waals surface area contributed by atoms with Crippen molar-refractivity contribution in [2.45, 2.75) is 6.42 Å². The third-order valence-electron chi connectivity index (χ3n) is 2.52. The summed E-state index contributed by atoms with van der Waals surface area (Å²) in [5, 5.41) is 11.9. The summed E-state index contributed by atoms with van der Waals surface area (Å²) in [4.78, 5) is 13.2. The molecule has 4 nitrogen and oxygen atoms in total. The van der Waals surface area contributed by atoms with Crippen molar-refractivity contribution in [1.82, 2.24) is 0 Å². The van der Waals surface area contributed by atoms with Crippen molar-refractivity contribution in [2.75, 3.05) is 23.8 Å². The molecule has 0 aliphatic carbocycles. The van der Waals surface area contributed by atoms with Crippen molar-refractivity contribution >= 4 is 17.3 Å². The van der Waals surface area contributed by atoms with Crippen LogP contribution in [0.25, 0.3) is 0 Å². The Kier molecular flexibility index (Phi) is 2.30. The number of anilines is 2. The van der Waals surface area contributed by atoms with Crippen LogP contribution in [-0.4, -0.2) is 19.5 Å². The van der Waals surface area contributed by atoms with Crippen LogP contribution >= 0.6 is 0 Å². The van der Waals surface area contributed by atoms with Gasteiger partial charge in [-0.15, -0.1) is 0 Å². The van der Waals surface area contributed by atoms with Crippen LogP contribution < -0.4 is 10.2 Å². The molecule has 0 saturated heterocycles. The summed E-state index contributed by atoms with van der Waals surface area (Å²) in [5.41, 5.74) is 2.28. The second-order valence-corrected chi connectivity index (χ2v) is 3.47. The minimum atomic E-state index is 0.0888. The standard InChI is InChI=1S/C11H11N3O/c1-14-10-3-2-8(7-12)6-9(10)13-5-4-11(14)15/h2-3,6,13H,4-5H2,1H3. The van der Waals surface area contributed by atoms with Crippen LogP contribution in [0.1, 0.15) is 12.0 Å². The Bertz CT molecular complexity index is 448. The number of amides is 1. The minimum Gasteiger partial charge on any atom is -0.383 e. The normalized spacial score (nSPS) is 14.9. The van der Waals surface area contributed by atoms with Gasteiger partial charge in [-0.25, -0.2) is 0 Å². The van der Waals surface area contributed by atoms with Gasteiger partial charge in [-0.1, -0.05) is 0 Å². The molecule has 0 fully saturated rings. The molecular formula is C11H11N3O. The molecule has 0 radical (unpaired) electrons. The Labute approximate surface area is 88.1 Å². The summed E-state index contributed by atoms with van der Waals surface area (Å²) < 4.78 is 0. The van der Waals surface area contributed by atoms with Crippen LogP contribution in [0.2, 0.25) is 0 Å². The van der Waals surface area contributed by atoms with Gasteiger partial charge in [-0.05, 0) is 18.2 Å². The number of hydrogen-bond acceptors (Lipinski definition) is 3. The van der Waals surface area contributed by atoms with E-state index in [-0.39, 0.29) is 5.91 Å². The van der Waals surface area contributed by atoms with Crippen LogP contribution in [0.5, 0.6) is 0 Å². The second-order valence-electron chi connectivity index (χ2n) is 3.47. The number of benzene rings is 1. The van der Waals surface area contributed by atoms with E-state index in [2.05, 4.69) is 11.4 Å². The Morgan fingerprint density at radius 3 is 3.07 bits per heavy atom. The molecule has 15 heavy (non-hydrogen) atoms. The summed E-state index contributed by atoms with van der Waals surface area (Å²) in [5.74, 6) is 0.0888. The smallest absolute Gasteiger partial charge is 0.228 e. The Balaban J connectivity index is 2.49. The first kappa shape index (κ1) is 9.53. The fraction of sp³-hybridized carbons (Fsp3) is 0.273. The first-order valence-electron chi connectivity index (χ1n) is 4.77. The largest absolute Gasteiger partial charge is 0.383 e. The van der Waals surface area contributed by atoms with E-state index in [1.54, 1.807) is 30.1 Å². The molecule has 1 N–H and O–H groups in total. The number of carbonyl (C=O) groups excluding carboxylic acids is 1. The van der Waals surface area contributed by atoms with Gasteiger partial charge in [-0.3, -0.25) is 4.79 Å². The quantitative estimate of drug-likeness (QED) is 0.689. The molecule has 2 rings (SSSR count). The lowest BCUT2D eigenvalue weighted by Gasteiger charge is -2.16. The number of nitrogens with one attached hydrogen (secondary N) is 1. The van der Waals surface area contributed by atoms with Crippen molar-refractivity contribution in [3.05, 3.63) is 23.8 Å². The molecule has 1 amide bonds. The van der Waals surface area contributed by atoms with Crippen molar-refractivity contribution in [1.29, 1.82) is 5.26 Å². The highest BCUT2D eigenvalue weighted by molar-refractivity contribution is 5.97. The number of carbonyl (C=O) groups is 1. The van der Waals surface area contributed by atoms with Gasteiger partial charge in [0.25, 0.3) is 0 Å². The monoisotopic (exact) mass is 201 g/mol. The third kappa shape index (κ3) is 1.64. The van der Waals surface area contributed by atoms with Crippen LogP contribution in [0.3, 0.4) is 0 Å². The third-order valence-corrected chi connectivity index (χ3v) is 2.52. The molecule has 1 aromatic rings. The zero-order valence-electron chi connectivity index (χ0n) is 8.45. The van der Waals surface area contributed by atoms with Gasteiger partial charge in [-0.2, -0.15) is 5.26 Å². The lowest BCUT2D eigenvalue weighted by Crippen LogP contribution is -2.25. The molecule has 1 aliphatic heterocycles. The average Bonchev–Trinajstić information content (AvgIpc) is 2.40. The van der Waals surface area contributed by atoms with Crippen LogP contribution in [-0.2, 0) is 4.79 Å². The molecular weight excluding hydrogens is 190 g/mol. The number of hydrogen-bond donors (Lipinski definition) is 1. The van der Waals surface area contributed by atoms with E-state index in [9.17, 15) is 4.79 Å². The zero-order valence-corrected chi connectivity index (χ0v) is 8.45. The molecule has 0 unspecified atom stereocenters. The van der Waals surface area contributed by atoms with Gasteiger partial charge in [0.1, 0.15) is 0 Å². The lowest BCUT2D eigenvalue weighted by molar-refractivity contribution is -0.118. The van der Waals surface area contributed by atoms with Crippen molar-refractivity contribution in [3.8, 4) is 6.07 Å². The molecule has 0 aromatic heterocycles. The van der Waals surface area contributed by atoms with E-state index < -0.39 is 0 Å². The van der Waals surface area contributed by atoms with E-state index in [1.807, 2.05) is 0 Å². The first-order chi connectivity index (χ1) is 7.22. The Morgan fingerprint density at radius 2 is 2.33 bits per heavy atom. The van der Waals surface area contributed by atoms with E-state index >= 15 is 0 Å². The first-order valence-corrected chi connectivity index (χ1v) is 4.77. The average molecular weight is 201 g/mol. The highest BCUT2D eigenvalue weighted by atomic mass is 16.2. The lowest BCUT2D eigenvalue weighted by atomic mass is 10.2. The maximum absolute atomic E-state index is 11.6. The number of fused-ring (bicyclic) bond motifs is 1. The van der Waals surface area contributed by atoms with Crippen molar-refractivity contribution in [2.24, 2.45) is 0 Å². The number of nitriles is 1. The van der Waals surface area contributed by atoms with Gasteiger partial charge < -0.3 is 10.2 Å². The number of nitrogens with zero attached hydrogens (tertiary/aromatic N) is 2. The predicted molar refractivity (Wildman–Crippen MR) is 57.7 cm³/mol. The fourth-order valence-corrected chi connectivity index (χ4v) is 1.65. The molecule has 0 spiro atoms. The van der Waals surface area contributed by atoms with Gasteiger partial charge in [0.15, 0.2) is 0 Å². The van der Waals surface area contributed by atoms with Crippen LogP contribution in [0.15, 0.2) is 18.2 Å². The van der Waals surface area contributed by atoms with Crippen molar-refractivity contribution < 1.29 is 4.79 Å². The van der Waals surface area contributed by atoms with Gasteiger partial charge in [0.2, 0.25) is 5.91 Å². The van der Waals surface area contributed by atoms with Gasteiger partial charge in [0, 0.05) is 20.0 Å². The fourth-order valence-electron chi connectivity index (χ4n) is 1.65. The summed E-state index contributed by atoms with van der Waals surface area (Å²) in [7, 11) is 1.75. The molecule has 1 aliphatic rings. The highest BCUT2D eigenvalue weighted by Gasteiger charge is 2.18. The molecule has 4 heteroatoms. The second kappa shape index (κ2) is 3.62. The van der Waals surface area contributed by atoms with Crippen LogP contribution in [0.4, 0.5) is 11.4 Å². The maximum atomic E-state index is 11.6.